The van der Waals surface area contributed by atoms with Crippen LogP contribution in [0.4, 0.5) is 0 Å². The predicted octanol–water partition coefficient (Wildman–Crippen LogP) is 4.67. The van der Waals surface area contributed by atoms with E-state index in [0.717, 1.165) is 17.1 Å². The lowest BCUT2D eigenvalue weighted by atomic mass is 10.0. The fourth-order valence-corrected chi connectivity index (χ4v) is 2.42. The van der Waals surface area contributed by atoms with E-state index < -0.39 is 0 Å². The zero-order chi connectivity index (χ0) is 13.9. The second kappa shape index (κ2) is 5.25. The van der Waals surface area contributed by atoms with E-state index in [9.17, 15) is 0 Å². The first-order valence-electron chi connectivity index (χ1n) is 6.67. The first-order chi connectivity index (χ1) is 9.78. The van der Waals surface area contributed by atoms with Gasteiger partial charge in [0.05, 0.1) is 12.8 Å². The number of rotatable bonds is 3. The minimum Gasteiger partial charge on any atom is -0.497 e. The van der Waals surface area contributed by atoms with Crippen molar-refractivity contribution in [1.82, 2.24) is 4.98 Å². The summed E-state index contributed by atoms with van der Waals surface area (Å²) in [6.07, 6.45) is 0. The minimum absolute atomic E-state index is 0.877. The average Bonchev–Trinajstić information content (AvgIpc) is 2.90. The largest absolute Gasteiger partial charge is 0.497 e. The summed E-state index contributed by atoms with van der Waals surface area (Å²) in [6, 6.07) is 20.8. The number of ether oxygens (including phenoxy) is 1. The molecule has 100 valence electrons. The quantitative estimate of drug-likeness (QED) is 0.730. The average molecular weight is 263 g/mol. The molecule has 0 aliphatic carbocycles. The van der Waals surface area contributed by atoms with Crippen molar-refractivity contribution in [1.29, 1.82) is 0 Å². The fraction of sp³-hybridized carbons (Fsp3) is 0.111. The second-order valence-corrected chi connectivity index (χ2v) is 4.84. The molecule has 0 saturated heterocycles. The highest BCUT2D eigenvalue weighted by atomic mass is 16.5. The second-order valence-electron chi connectivity index (χ2n) is 4.84. The molecule has 0 spiro atoms. The highest BCUT2D eigenvalue weighted by Crippen LogP contribution is 2.33. The molecule has 1 aromatic heterocycles. The number of nitrogens with one attached hydrogen (secondary N) is 1. The van der Waals surface area contributed by atoms with Gasteiger partial charge in [0.25, 0.3) is 0 Å². The van der Waals surface area contributed by atoms with Crippen molar-refractivity contribution in [3.05, 3.63) is 66.4 Å². The summed E-state index contributed by atoms with van der Waals surface area (Å²) < 4.78 is 5.22. The molecular weight excluding hydrogens is 246 g/mol. The van der Waals surface area contributed by atoms with Crippen LogP contribution in [0, 0.1) is 6.92 Å². The molecule has 0 radical (unpaired) electrons. The predicted molar refractivity (Wildman–Crippen MR) is 83.0 cm³/mol. The zero-order valence-electron chi connectivity index (χ0n) is 11.7. The van der Waals surface area contributed by atoms with Crippen LogP contribution in [0.25, 0.3) is 22.4 Å². The summed E-state index contributed by atoms with van der Waals surface area (Å²) in [6.45, 7) is 2.08. The SMILES string of the molecule is COc1ccc(-c2cc(C)[nH]c2-c2ccccc2)cc1. The number of hydrogen-bond acceptors (Lipinski definition) is 1. The summed E-state index contributed by atoms with van der Waals surface area (Å²) >= 11 is 0. The molecule has 0 aliphatic heterocycles. The van der Waals surface area contributed by atoms with Gasteiger partial charge in [-0.05, 0) is 36.2 Å². The van der Waals surface area contributed by atoms with Gasteiger partial charge in [-0.3, -0.25) is 0 Å². The standard InChI is InChI=1S/C18H17NO/c1-13-12-17(14-8-10-16(20-2)11-9-14)18(19-13)15-6-4-3-5-7-15/h3-12,19H,1-2H3. The van der Waals surface area contributed by atoms with Crippen LogP contribution in [-0.4, -0.2) is 12.1 Å². The zero-order valence-corrected chi connectivity index (χ0v) is 11.7. The Morgan fingerprint density at radius 1 is 0.850 bits per heavy atom. The smallest absolute Gasteiger partial charge is 0.118 e. The van der Waals surface area contributed by atoms with Gasteiger partial charge < -0.3 is 9.72 Å². The third kappa shape index (κ3) is 2.32. The van der Waals surface area contributed by atoms with Crippen molar-refractivity contribution in [2.24, 2.45) is 0 Å². The number of hydrogen-bond donors (Lipinski definition) is 1. The van der Waals surface area contributed by atoms with Crippen LogP contribution in [0.3, 0.4) is 0 Å². The Labute approximate surface area is 119 Å². The topological polar surface area (TPSA) is 25.0 Å². The molecule has 1 N–H and O–H groups in total. The third-order valence-electron chi connectivity index (χ3n) is 3.42. The van der Waals surface area contributed by atoms with Crippen LogP contribution in [0.2, 0.25) is 0 Å². The first-order valence-corrected chi connectivity index (χ1v) is 6.67. The van der Waals surface area contributed by atoms with E-state index in [2.05, 4.69) is 54.4 Å². The minimum atomic E-state index is 0.877. The Kier molecular flexibility index (Phi) is 3.30. The molecule has 0 fully saturated rings. The summed E-state index contributed by atoms with van der Waals surface area (Å²) in [5, 5.41) is 0. The number of aromatic nitrogens is 1. The van der Waals surface area contributed by atoms with Gasteiger partial charge in [0.15, 0.2) is 0 Å². The van der Waals surface area contributed by atoms with E-state index in [1.165, 1.54) is 16.7 Å². The lowest BCUT2D eigenvalue weighted by Gasteiger charge is -2.06. The Morgan fingerprint density at radius 2 is 1.55 bits per heavy atom. The van der Waals surface area contributed by atoms with Crippen LogP contribution in [0.15, 0.2) is 60.7 Å². The Morgan fingerprint density at radius 3 is 2.20 bits per heavy atom. The van der Waals surface area contributed by atoms with Crippen molar-refractivity contribution in [3.63, 3.8) is 0 Å². The van der Waals surface area contributed by atoms with E-state index in [-0.39, 0.29) is 0 Å². The molecule has 3 rings (SSSR count). The maximum Gasteiger partial charge on any atom is 0.118 e. The molecule has 0 amide bonds. The number of benzene rings is 2. The van der Waals surface area contributed by atoms with Gasteiger partial charge in [-0.1, -0.05) is 42.5 Å². The first kappa shape index (κ1) is 12.5. The summed E-state index contributed by atoms with van der Waals surface area (Å²) in [4.78, 5) is 3.46. The van der Waals surface area contributed by atoms with Crippen molar-refractivity contribution < 1.29 is 4.74 Å². The highest BCUT2D eigenvalue weighted by Gasteiger charge is 2.10. The van der Waals surface area contributed by atoms with Crippen LogP contribution >= 0.6 is 0 Å². The molecular formula is C18H17NO. The molecule has 0 unspecified atom stereocenters. The van der Waals surface area contributed by atoms with Crippen LogP contribution in [0.5, 0.6) is 5.75 Å². The maximum absolute atomic E-state index is 5.22. The summed E-state index contributed by atoms with van der Waals surface area (Å²) in [7, 11) is 1.69. The van der Waals surface area contributed by atoms with Gasteiger partial charge >= 0.3 is 0 Å². The number of methoxy groups -OCH3 is 1. The van der Waals surface area contributed by atoms with Crippen LogP contribution < -0.4 is 4.74 Å². The number of aromatic amines is 1. The normalized spacial score (nSPS) is 10.5. The third-order valence-corrected chi connectivity index (χ3v) is 3.42. The number of H-pyrrole nitrogens is 1. The molecule has 0 atom stereocenters. The molecule has 3 aromatic rings. The van der Waals surface area contributed by atoms with Crippen molar-refractivity contribution in [2.75, 3.05) is 7.11 Å². The van der Waals surface area contributed by atoms with Gasteiger partial charge in [0, 0.05) is 11.3 Å². The Bertz CT molecular complexity index is 696. The highest BCUT2D eigenvalue weighted by molar-refractivity contribution is 5.82. The molecule has 0 saturated carbocycles. The molecule has 20 heavy (non-hydrogen) atoms. The number of aryl methyl sites for hydroxylation is 1. The lowest BCUT2D eigenvalue weighted by Crippen LogP contribution is -1.84. The molecule has 2 nitrogen and oxygen atoms in total. The van der Waals surface area contributed by atoms with E-state index in [4.69, 9.17) is 4.74 Å². The Balaban J connectivity index is 2.09. The maximum atomic E-state index is 5.22. The molecule has 0 bridgehead atoms. The van der Waals surface area contributed by atoms with Crippen LogP contribution in [0.1, 0.15) is 5.69 Å². The monoisotopic (exact) mass is 263 g/mol. The van der Waals surface area contributed by atoms with Gasteiger partial charge in [-0.2, -0.15) is 0 Å². The van der Waals surface area contributed by atoms with Gasteiger partial charge in [-0.25, -0.2) is 0 Å². The molecule has 0 aliphatic rings. The van der Waals surface area contributed by atoms with E-state index >= 15 is 0 Å². The Hall–Kier alpha value is -2.48. The van der Waals surface area contributed by atoms with Gasteiger partial charge in [0.1, 0.15) is 5.75 Å². The van der Waals surface area contributed by atoms with Gasteiger partial charge in [-0.15, -0.1) is 0 Å². The fourth-order valence-electron chi connectivity index (χ4n) is 2.42. The van der Waals surface area contributed by atoms with E-state index in [0.29, 0.717) is 0 Å². The van der Waals surface area contributed by atoms with E-state index in [1.54, 1.807) is 7.11 Å². The van der Waals surface area contributed by atoms with Crippen LogP contribution in [-0.2, 0) is 0 Å². The van der Waals surface area contributed by atoms with E-state index in [1.807, 2.05) is 18.2 Å². The van der Waals surface area contributed by atoms with Crippen molar-refractivity contribution >= 4 is 0 Å². The molecule has 1 heterocycles. The lowest BCUT2D eigenvalue weighted by molar-refractivity contribution is 0.415. The van der Waals surface area contributed by atoms with Crippen molar-refractivity contribution in [3.8, 4) is 28.1 Å². The summed E-state index contributed by atoms with van der Waals surface area (Å²) in [5.74, 6) is 0.877. The van der Waals surface area contributed by atoms with Crippen molar-refractivity contribution in [2.45, 2.75) is 6.92 Å². The molecule has 2 heteroatoms. The van der Waals surface area contributed by atoms with Gasteiger partial charge in [0.2, 0.25) is 0 Å². The summed E-state index contributed by atoms with van der Waals surface area (Å²) in [5.41, 5.74) is 5.93. The molecule has 2 aromatic carbocycles.